The quantitative estimate of drug-likeness (QED) is 0.905. The third-order valence-electron chi connectivity index (χ3n) is 5.18. The first-order chi connectivity index (χ1) is 12.5. The van der Waals surface area contributed by atoms with Crippen LogP contribution in [0.3, 0.4) is 0 Å². The second-order valence-electron chi connectivity index (χ2n) is 6.91. The van der Waals surface area contributed by atoms with E-state index in [1.807, 2.05) is 11.5 Å². The maximum Gasteiger partial charge on any atom is 0.271 e. The summed E-state index contributed by atoms with van der Waals surface area (Å²) in [6, 6.07) is 3.31. The van der Waals surface area contributed by atoms with Gasteiger partial charge in [0.05, 0.1) is 18.8 Å². The first-order valence-electron chi connectivity index (χ1n) is 8.85. The van der Waals surface area contributed by atoms with E-state index < -0.39 is 6.17 Å². The molecule has 2 aromatic rings. The van der Waals surface area contributed by atoms with Crippen LogP contribution in [-0.4, -0.2) is 39.0 Å². The molecule has 2 amide bonds. The molecule has 7 nitrogen and oxygen atoms in total. The SMILES string of the molecule is C[C@@H]1c2nc(C(=O)NCc3ccco3)cn2CCN1C(=O)C1CC(F)C1. The van der Waals surface area contributed by atoms with Crippen LogP contribution >= 0.6 is 0 Å². The van der Waals surface area contributed by atoms with Crippen molar-refractivity contribution in [1.29, 1.82) is 0 Å². The molecular weight excluding hydrogens is 339 g/mol. The number of carbonyl (C=O) groups excluding carboxylic acids is 2. The third-order valence-corrected chi connectivity index (χ3v) is 5.18. The van der Waals surface area contributed by atoms with Crippen LogP contribution in [0.5, 0.6) is 0 Å². The number of rotatable bonds is 4. The molecule has 26 heavy (non-hydrogen) atoms. The molecular formula is C18H21FN4O3. The van der Waals surface area contributed by atoms with E-state index in [1.165, 1.54) is 0 Å². The number of nitrogens with zero attached hydrogens (tertiary/aromatic N) is 3. The van der Waals surface area contributed by atoms with Gasteiger partial charge in [0, 0.05) is 25.2 Å². The Hall–Kier alpha value is -2.64. The van der Waals surface area contributed by atoms with Crippen LogP contribution in [0.25, 0.3) is 0 Å². The molecule has 1 aliphatic carbocycles. The molecule has 138 valence electrons. The Morgan fingerprint density at radius 2 is 2.19 bits per heavy atom. The highest BCUT2D eigenvalue weighted by Gasteiger charge is 2.40. The van der Waals surface area contributed by atoms with Crippen molar-refractivity contribution >= 4 is 11.8 Å². The summed E-state index contributed by atoms with van der Waals surface area (Å²) in [6.45, 7) is 3.31. The van der Waals surface area contributed by atoms with Gasteiger partial charge in [-0.3, -0.25) is 9.59 Å². The highest BCUT2D eigenvalue weighted by molar-refractivity contribution is 5.92. The highest BCUT2D eigenvalue weighted by Crippen LogP contribution is 2.35. The van der Waals surface area contributed by atoms with Gasteiger partial charge in [-0.15, -0.1) is 0 Å². The Labute approximate surface area is 150 Å². The van der Waals surface area contributed by atoms with Crippen LogP contribution in [0.4, 0.5) is 4.39 Å². The fraction of sp³-hybridized carbons (Fsp3) is 0.500. The maximum absolute atomic E-state index is 13.1. The number of amides is 2. The van der Waals surface area contributed by atoms with Gasteiger partial charge >= 0.3 is 0 Å². The van der Waals surface area contributed by atoms with Gasteiger partial charge in [0.2, 0.25) is 5.91 Å². The van der Waals surface area contributed by atoms with Crippen molar-refractivity contribution in [2.75, 3.05) is 6.54 Å². The molecule has 4 rings (SSSR count). The van der Waals surface area contributed by atoms with E-state index in [9.17, 15) is 14.0 Å². The Balaban J connectivity index is 1.44. The lowest BCUT2D eigenvalue weighted by Gasteiger charge is -2.39. The number of hydrogen-bond acceptors (Lipinski definition) is 4. The fourth-order valence-corrected chi connectivity index (χ4v) is 3.56. The molecule has 1 atom stereocenters. The summed E-state index contributed by atoms with van der Waals surface area (Å²) < 4.78 is 20.2. The van der Waals surface area contributed by atoms with E-state index in [0.29, 0.717) is 49.8 Å². The second kappa shape index (κ2) is 6.59. The van der Waals surface area contributed by atoms with Crippen molar-refractivity contribution in [2.45, 2.75) is 45.1 Å². The second-order valence-corrected chi connectivity index (χ2v) is 6.91. The van der Waals surface area contributed by atoms with Crippen molar-refractivity contribution in [2.24, 2.45) is 5.92 Å². The Bertz CT molecular complexity index is 811. The summed E-state index contributed by atoms with van der Waals surface area (Å²) in [4.78, 5) is 31.1. The molecule has 1 fully saturated rings. The topological polar surface area (TPSA) is 80.4 Å². The first-order valence-corrected chi connectivity index (χ1v) is 8.85. The Morgan fingerprint density at radius 3 is 2.88 bits per heavy atom. The lowest BCUT2D eigenvalue weighted by Crippen LogP contribution is -2.47. The number of carbonyl (C=O) groups is 2. The molecule has 8 heteroatoms. The van der Waals surface area contributed by atoms with Crippen molar-refractivity contribution in [3.8, 4) is 0 Å². The van der Waals surface area contributed by atoms with Gasteiger partial charge in [0.15, 0.2) is 0 Å². The number of halogens is 1. The van der Waals surface area contributed by atoms with Gasteiger partial charge in [0.25, 0.3) is 5.91 Å². The molecule has 0 aromatic carbocycles. The number of alkyl halides is 1. The number of imidazole rings is 1. The molecule has 0 unspecified atom stereocenters. The summed E-state index contributed by atoms with van der Waals surface area (Å²) in [5, 5.41) is 2.77. The van der Waals surface area contributed by atoms with E-state index in [0.717, 1.165) is 0 Å². The Morgan fingerprint density at radius 1 is 1.38 bits per heavy atom. The number of furan rings is 1. The van der Waals surface area contributed by atoms with Gasteiger partial charge in [-0.1, -0.05) is 0 Å². The maximum atomic E-state index is 13.1. The minimum atomic E-state index is -0.851. The summed E-state index contributed by atoms with van der Waals surface area (Å²) in [7, 11) is 0. The lowest BCUT2D eigenvalue weighted by molar-refractivity contribution is -0.143. The summed E-state index contributed by atoms with van der Waals surface area (Å²) in [5.74, 6) is 0.838. The number of hydrogen-bond donors (Lipinski definition) is 1. The van der Waals surface area contributed by atoms with Crippen LogP contribution in [0.15, 0.2) is 29.0 Å². The molecule has 2 aromatic heterocycles. The van der Waals surface area contributed by atoms with E-state index >= 15 is 0 Å². The number of aromatic nitrogens is 2. The molecule has 1 N–H and O–H groups in total. The van der Waals surface area contributed by atoms with E-state index in [1.54, 1.807) is 29.5 Å². The third kappa shape index (κ3) is 3.00. The summed E-state index contributed by atoms with van der Waals surface area (Å²) in [6.07, 6.45) is 3.05. The van der Waals surface area contributed by atoms with Gasteiger partial charge in [-0.05, 0) is 31.9 Å². The lowest BCUT2D eigenvalue weighted by atomic mass is 9.82. The monoisotopic (exact) mass is 360 g/mol. The summed E-state index contributed by atoms with van der Waals surface area (Å²) in [5.41, 5.74) is 0.320. The first kappa shape index (κ1) is 16.8. The summed E-state index contributed by atoms with van der Waals surface area (Å²) >= 11 is 0. The predicted octanol–water partition coefficient (Wildman–Crippen LogP) is 2.06. The molecule has 2 aliphatic rings. The normalized spacial score (nSPS) is 24.7. The molecule has 3 heterocycles. The van der Waals surface area contributed by atoms with Crippen molar-refractivity contribution < 1.29 is 18.4 Å². The van der Waals surface area contributed by atoms with E-state index in [4.69, 9.17) is 4.42 Å². The van der Waals surface area contributed by atoms with Crippen LogP contribution in [0.1, 0.15) is 47.9 Å². The van der Waals surface area contributed by atoms with E-state index in [2.05, 4.69) is 10.3 Å². The van der Waals surface area contributed by atoms with Crippen molar-refractivity contribution in [3.63, 3.8) is 0 Å². The standard InChI is InChI=1S/C18H21FN4O3/c1-11-16-21-15(17(24)20-9-14-3-2-6-26-14)10-22(16)4-5-23(11)18(25)12-7-13(19)8-12/h2-3,6,10-13H,4-5,7-9H2,1H3,(H,20,24)/t11-,12?,13?/m1/s1. The predicted molar refractivity (Wildman–Crippen MR) is 89.9 cm³/mol. The highest BCUT2D eigenvalue weighted by atomic mass is 19.1. The van der Waals surface area contributed by atoms with Crippen LogP contribution in [0, 0.1) is 5.92 Å². The zero-order chi connectivity index (χ0) is 18.3. The van der Waals surface area contributed by atoms with E-state index in [-0.39, 0.29) is 23.8 Å². The minimum Gasteiger partial charge on any atom is -0.467 e. The number of nitrogens with one attached hydrogen (secondary N) is 1. The van der Waals surface area contributed by atoms with Crippen LogP contribution in [-0.2, 0) is 17.9 Å². The van der Waals surface area contributed by atoms with Crippen molar-refractivity contribution in [1.82, 2.24) is 19.8 Å². The molecule has 0 saturated heterocycles. The molecule has 1 saturated carbocycles. The minimum absolute atomic E-state index is 0.00975. The molecule has 1 aliphatic heterocycles. The van der Waals surface area contributed by atoms with Crippen molar-refractivity contribution in [3.05, 3.63) is 41.9 Å². The average molecular weight is 360 g/mol. The molecule has 0 radical (unpaired) electrons. The van der Waals surface area contributed by atoms with Gasteiger partial charge in [-0.25, -0.2) is 9.37 Å². The van der Waals surface area contributed by atoms with Crippen LogP contribution in [0.2, 0.25) is 0 Å². The zero-order valence-corrected chi connectivity index (χ0v) is 14.5. The zero-order valence-electron chi connectivity index (χ0n) is 14.5. The smallest absolute Gasteiger partial charge is 0.271 e. The Kier molecular flexibility index (Phi) is 4.26. The van der Waals surface area contributed by atoms with Gasteiger partial charge in [-0.2, -0.15) is 0 Å². The molecule has 0 bridgehead atoms. The van der Waals surface area contributed by atoms with Gasteiger partial charge < -0.3 is 19.2 Å². The largest absolute Gasteiger partial charge is 0.467 e. The molecule has 0 spiro atoms. The van der Waals surface area contributed by atoms with Crippen LogP contribution < -0.4 is 5.32 Å². The van der Waals surface area contributed by atoms with Gasteiger partial charge in [0.1, 0.15) is 23.5 Å². The average Bonchev–Trinajstić information content (AvgIpc) is 3.26. The fourth-order valence-electron chi connectivity index (χ4n) is 3.56. The number of fused-ring (bicyclic) bond motifs is 1.